The molecule has 0 aliphatic carbocycles. The van der Waals surface area contributed by atoms with Crippen LogP contribution in [0.4, 0.5) is 0 Å². The van der Waals surface area contributed by atoms with Crippen LogP contribution in [0.5, 0.6) is 5.75 Å². The molecule has 1 N–H and O–H groups in total. The lowest BCUT2D eigenvalue weighted by Gasteiger charge is -2.27. The van der Waals surface area contributed by atoms with Gasteiger partial charge in [-0.05, 0) is 60.4 Å². The van der Waals surface area contributed by atoms with Crippen molar-refractivity contribution >= 4 is 17.6 Å². The van der Waals surface area contributed by atoms with E-state index in [0.29, 0.717) is 6.61 Å². The van der Waals surface area contributed by atoms with Gasteiger partial charge in [0.25, 0.3) is 0 Å². The maximum absolute atomic E-state index is 10.9. The summed E-state index contributed by atoms with van der Waals surface area (Å²) in [7, 11) is 2.16. The van der Waals surface area contributed by atoms with Crippen molar-refractivity contribution in [1.82, 2.24) is 4.90 Å². The number of benzene rings is 2. The summed E-state index contributed by atoms with van der Waals surface area (Å²) in [6, 6.07) is 14.3. The van der Waals surface area contributed by atoms with E-state index in [1.807, 2.05) is 12.1 Å². The Morgan fingerprint density at radius 1 is 1.11 bits per heavy atom. The molecular formula is C23H23NO3. The van der Waals surface area contributed by atoms with Crippen LogP contribution in [0.15, 0.2) is 54.1 Å². The van der Waals surface area contributed by atoms with Crippen molar-refractivity contribution in [3.05, 3.63) is 76.4 Å². The van der Waals surface area contributed by atoms with E-state index in [9.17, 15) is 4.79 Å². The normalized spacial score (nSPS) is 17.2. The molecular weight excluding hydrogens is 338 g/mol. The molecule has 2 aromatic rings. The number of fused-ring (bicyclic) bond motifs is 2. The molecule has 0 amide bonds. The second-order valence-corrected chi connectivity index (χ2v) is 7.15. The number of hydrogen-bond acceptors (Lipinski definition) is 3. The largest absolute Gasteiger partial charge is 0.488 e. The Kier molecular flexibility index (Phi) is 4.82. The van der Waals surface area contributed by atoms with Gasteiger partial charge in [0.1, 0.15) is 12.4 Å². The van der Waals surface area contributed by atoms with Crippen LogP contribution in [0.1, 0.15) is 35.1 Å². The van der Waals surface area contributed by atoms with Gasteiger partial charge in [0.2, 0.25) is 0 Å². The number of hydrogen-bond donors (Lipinski definition) is 1. The second kappa shape index (κ2) is 7.41. The monoisotopic (exact) mass is 361 g/mol. The molecule has 0 atom stereocenters. The number of likely N-dealkylation sites (tertiary alicyclic amines) is 1. The number of rotatable bonds is 2. The number of carbonyl (C=O) groups is 1. The molecule has 27 heavy (non-hydrogen) atoms. The van der Waals surface area contributed by atoms with Crippen LogP contribution in [-0.2, 0) is 11.4 Å². The van der Waals surface area contributed by atoms with Gasteiger partial charge in [-0.15, -0.1) is 0 Å². The van der Waals surface area contributed by atoms with E-state index in [2.05, 4.69) is 42.3 Å². The average Bonchev–Trinajstić information content (AvgIpc) is 2.84. The summed E-state index contributed by atoms with van der Waals surface area (Å²) in [5, 5.41) is 8.94. The summed E-state index contributed by atoms with van der Waals surface area (Å²) in [6.07, 6.45) is 4.88. The third-order valence-corrected chi connectivity index (χ3v) is 5.31. The zero-order valence-corrected chi connectivity index (χ0v) is 15.4. The van der Waals surface area contributed by atoms with Crippen LogP contribution in [0, 0.1) is 0 Å². The van der Waals surface area contributed by atoms with Crippen molar-refractivity contribution < 1.29 is 14.6 Å². The van der Waals surface area contributed by atoms with Crippen LogP contribution in [0.3, 0.4) is 0 Å². The first-order valence-electron chi connectivity index (χ1n) is 9.29. The van der Waals surface area contributed by atoms with Crippen molar-refractivity contribution in [2.24, 2.45) is 0 Å². The zero-order valence-electron chi connectivity index (χ0n) is 15.4. The fourth-order valence-electron chi connectivity index (χ4n) is 3.85. The molecule has 0 radical (unpaired) electrons. The van der Waals surface area contributed by atoms with Gasteiger partial charge in [-0.1, -0.05) is 35.9 Å². The summed E-state index contributed by atoms with van der Waals surface area (Å²) in [4.78, 5) is 13.3. The number of nitrogens with zero attached hydrogens (tertiary/aromatic N) is 1. The van der Waals surface area contributed by atoms with Gasteiger partial charge in [0.15, 0.2) is 0 Å². The van der Waals surface area contributed by atoms with E-state index < -0.39 is 5.97 Å². The van der Waals surface area contributed by atoms with E-state index in [-0.39, 0.29) is 0 Å². The molecule has 4 heteroatoms. The van der Waals surface area contributed by atoms with Gasteiger partial charge in [-0.2, -0.15) is 0 Å². The van der Waals surface area contributed by atoms with Crippen LogP contribution in [0.2, 0.25) is 0 Å². The van der Waals surface area contributed by atoms with Crippen molar-refractivity contribution in [1.29, 1.82) is 0 Å². The third kappa shape index (κ3) is 3.67. The Morgan fingerprint density at radius 3 is 2.67 bits per heavy atom. The van der Waals surface area contributed by atoms with Gasteiger partial charge in [-0.3, -0.25) is 0 Å². The van der Waals surface area contributed by atoms with Crippen LogP contribution < -0.4 is 4.74 Å². The molecule has 2 aromatic carbocycles. The molecule has 1 saturated heterocycles. The summed E-state index contributed by atoms with van der Waals surface area (Å²) in [6.45, 7) is 2.65. The Hall–Kier alpha value is -2.85. The van der Waals surface area contributed by atoms with E-state index in [1.165, 1.54) is 28.3 Å². The molecule has 2 aliphatic heterocycles. The van der Waals surface area contributed by atoms with Gasteiger partial charge >= 0.3 is 5.97 Å². The first-order valence-corrected chi connectivity index (χ1v) is 9.29. The van der Waals surface area contributed by atoms with Gasteiger partial charge in [0.05, 0.1) is 0 Å². The van der Waals surface area contributed by atoms with Crippen molar-refractivity contribution in [3.8, 4) is 5.75 Å². The topological polar surface area (TPSA) is 49.8 Å². The molecule has 2 heterocycles. The SMILES string of the molecule is CN1CCC(=C2c3ccccc3COc3ccc(/C=C/C(=O)O)cc32)CC1. The van der Waals surface area contributed by atoms with Crippen molar-refractivity contribution in [3.63, 3.8) is 0 Å². The molecule has 138 valence electrons. The minimum absolute atomic E-state index is 0.546. The molecule has 0 saturated carbocycles. The Bertz CT molecular complexity index is 932. The highest BCUT2D eigenvalue weighted by molar-refractivity contribution is 5.89. The molecule has 1 fully saturated rings. The maximum Gasteiger partial charge on any atom is 0.328 e. The molecule has 2 aliphatic rings. The minimum atomic E-state index is -0.944. The molecule has 4 rings (SSSR count). The highest BCUT2D eigenvalue weighted by Gasteiger charge is 2.24. The number of carboxylic acid groups (broad SMARTS) is 1. The smallest absolute Gasteiger partial charge is 0.328 e. The molecule has 0 aromatic heterocycles. The summed E-state index contributed by atoms with van der Waals surface area (Å²) in [5.41, 5.74) is 7.06. The Morgan fingerprint density at radius 2 is 1.89 bits per heavy atom. The fraction of sp³-hybridized carbons (Fsp3) is 0.261. The zero-order chi connectivity index (χ0) is 18.8. The predicted molar refractivity (Wildman–Crippen MR) is 107 cm³/mol. The average molecular weight is 361 g/mol. The summed E-state index contributed by atoms with van der Waals surface area (Å²) < 4.78 is 6.11. The number of piperidine rings is 1. The quantitative estimate of drug-likeness (QED) is 0.815. The lowest BCUT2D eigenvalue weighted by molar-refractivity contribution is -0.131. The van der Waals surface area contributed by atoms with E-state index >= 15 is 0 Å². The van der Waals surface area contributed by atoms with Crippen LogP contribution in [0.25, 0.3) is 11.6 Å². The fourth-order valence-corrected chi connectivity index (χ4v) is 3.85. The lowest BCUT2D eigenvalue weighted by Crippen LogP contribution is -2.27. The van der Waals surface area contributed by atoms with Crippen LogP contribution in [-0.4, -0.2) is 36.1 Å². The lowest BCUT2D eigenvalue weighted by atomic mass is 9.86. The van der Waals surface area contributed by atoms with Gasteiger partial charge in [-0.25, -0.2) is 4.79 Å². The number of ether oxygens (including phenoxy) is 1. The highest BCUT2D eigenvalue weighted by Crippen LogP contribution is 2.41. The summed E-state index contributed by atoms with van der Waals surface area (Å²) in [5.74, 6) is -0.0828. The minimum Gasteiger partial charge on any atom is -0.488 e. The molecule has 0 bridgehead atoms. The van der Waals surface area contributed by atoms with E-state index in [1.54, 1.807) is 6.08 Å². The second-order valence-electron chi connectivity index (χ2n) is 7.15. The van der Waals surface area contributed by atoms with Crippen molar-refractivity contribution in [2.75, 3.05) is 20.1 Å². The Balaban J connectivity index is 1.89. The first kappa shape index (κ1) is 17.6. The third-order valence-electron chi connectivity index (χ3n) is 5.31. The van der Waals surface area contributed by atoms with E-state index in [4.69, 9.17) is 9.84 Å². The molecule has 0 spiro atoms. The standard InChI is InChI=1S/C23H23NO3/c1-24-12-10-17(11-13-24)23-19-5-3-2-4-18(19)15-27-21-8-6-16(14-20(21)23)7-9-22(25)26/h2-9,14H,10-13,15H2,1H3,(H,25,26)/b9-7+. The first-order chi connectivity index (χ1) is 13.1. The number of aliphatic carboxylic acids is 1. The van der Waals surface area contributed by atoms with Crippen molar-refractivity contribution in [2.45, 2.75) is 19.4 Å². The van der Waals surface area contributed by atoms with Gasteiger partial charge in [0, 0.05) is 24.7 Å². The predicted octanol–water partition coefficient (Wildman–Crippen LogP) is 4.20. The number of carboxylic acids is 1. The van der Waals surface area contributed by atoms with Crippen LogP contribution >= 0.6 is 0 Å². The van der Waals surface area contributed by atoms with Gasteiger partial charge < -0.3 is 14.7 Å². The summed E-state index contributed by atoms with van der Waals surface area (Å²) >= 11 is 0. The highest BCUT2D eigenvalue weighted by atomic mass is 16.5. The van der Waals surface area contributed by atoms with E-state index in [0.717, 1.165) is 42.8 Å². The maximum atomic E-state index is 10.9. The molecule has 4 nitrogen and oxygen atoms in total. The molecule has 0 unspecified atom stereocenters. The Labute approximate surface area is 159 Å².